The number of nitrogens with one attached hydrogen (secondary N) is 4. The van der Waals surface area contributed by atoms with Crippen LogP contribution in [0.2, 0.25) is 0 Å². The number of benzene rings is 3. The van der Waals surface area contributed by atoms with E-state index in [4.69, 9.17) is 11.5 Å². The molecule has 239 valence electrons. The zero-order valence-electron chi connectivity index (χ0n) is 26.2. The van der Waals surface area contributed by atoms with E-state index in [1.165, 1.54) is 0 Å². The Morgan fingerprint density at radius 3 is 2.41 bits per heavy atom. The summed E-state index contributed by atoms with van der Waals surface area (Å²) < 4.78 is 0. The van der Waals surface area contributed by atoms with Crippen molar-refractivity contribution in [1.82, 2.24) is 20.9 Å². The number of hydrogen-bond acceptors (Lipinski definition) is 4. The molecule has 0 saturated heterocycles. The summed E-state index contributed by atoms with van der Waals surface area (Å²) in [5.41, 5.74) is 16.0. The van der Waals surface area contributed by atoms with Crippen LogP contribution < -0.4 is 27.4 Å². The van der Waals surface area contributed by atoms with E-state index >= 15 is 0 Å². The number of H-pyrrole nitrogens is 1. The molecule has 0 unspecified atom stereocenters. The van der Waals surface area contributed by atoms with E-state index in [1.807, 2.05) is 85.9 Å². The Balaban J connectivity index is 0.00000576. The van der Waals surface area contributed by atoms with Gasteiger partial charge in [-0.15, -0.1) is 0 Å². The number of hydrogen-bond donors (Lipinski definition) is 6. The van der Waals surface area contributed by atoms with Crippen LogP contribution in [0.3, 0.4) is 0 Å². The Morgan fingerprint density at radius 2 is 1.67 bits per heavy atom. The van der Waals surface area contributed by atoms with E-state index in [1.54, 1.807) is 0 Å². The third-order valence-corrected chi connectivity index (χ3v) is 7.54. The van der Waals surface area contributed by atoms with Crippen LogP contribution in [0.5, 0.6) is 0 Å². The fourth-order valence-electron chi connectivity index (χ4n) is 5.09. The molecule has 1 aromatic heterocycles. The zero-order valence-corrected chi connectivity index (χ0v) is 29.1. The van der Waals surface area contributed by atoms with Crippen molar-refractivity contribution >= 4 is 34.6 Å². The molecule has 2 atom stereocenters. The predicted octanol–water partition coefficient (Wildman–Crippen LogP) is 2.83. The first kappa shape index (κ1) is 36.5. The molecule has 3 amide bonds. The van der Waals surface area contributed by atoms with Crippen LogP contribution in [0.4, 0.5) is 0 Å². The largest absolute Gasteiger partial charge is 0.370 e. The van der Waals surface area contributed by atoms with Crippen LogP contribution in [0.25, 0.3) is 10.9 Å². The predicted molar refractivity (Wildman–Crippen MR) is 177 cm³/mol. The van der Waals surface area contributed by atoms with Gasteiger partial charge in [0.2, 0.25) is 17.7 Å². The van der Waals surface area contributed by atoms with Gasteiger partial charge in [-0.1, -0.05) is 55.5 Å². The van der Waals surface area contributed by atoms with Crippen molar-refractivity contribution in [3.63, 3.8) is 0 Å². The standard InChI is InChI=1S/C35H42N7O3.Y/c1-24-13-15-25(16-14-24)17-18-32(43)41-31(22-26-8-3-2-4-9-26)34(45)42-30(12-7-20-39-35(36)37)33(44)38-21-19-27-23-40-29-11-6-5-10-28(27)29;/h2-6,8-11,13-15,23,30-31,40H,7,12,17-22H2,1H3,(H,38,44)(H,41,43)(H,42,45)(H4,36,37,39);/q-1;/t30-,31+;/m0./s1. The second-order valence-electron chi connectivity index (χ2n) is 11.1. The first-order valence-corrected chi connectivity index (χ1v) is 15.3. The first-order valence-electron chi connectivity index (χ1n) is 15.3. The molecule has 11 heteroatoms. The summed E-state index contributed by atoms with van der Waals surface area (Å²) in [6.45, 7) is 2.69. The van der Waals surface area contributed by atoms with Gasteiger partial charge in [-0.3, -0.25) is 19.4 Å². The molecule has 1 radical (unpaired) electrons. The number of carbonyl (C=O) groups is 3. The normalized spacial score (nSPS) is 11.9. The van der Waals surface area contributed by atoms with Gasteiger partial charge in [0.05, 0.1) is 0 Å². The molecule has 10 nitrogen and oxygen atoms in total. The van der Waals surface area contributed by atoms with Crippen LogP contribution >= 0.6 is 0 Å². The maximum atomic E-state index is 13.7. The number of aromatic nitrogens is 1. The summed E-state index contributed by atoms with van der Waals surface area (Å²) in [7, 11) is 0. The smallest absolute Gasteiger partial charge is 0.243 e. The minimum atomic E-state index is -0.874. The van der Waals surface area contributed by atoms with Crippen molar-refractivity contribution in [3.8, 4) is 0 Å². The topological polar surface area (TPSA) is 167 Å². The Morgan fingerprint density at radius 1 is 0.913 bits per heavy atom. The average Bonchev–Trinajstić information content (AvgIpc) is 3.45. The van der Waals surface area contributed by atoms with Crippen molar-refractivity contribution in [2.45, 2.75) is 57.5 Å². The van der Waals surface area contributed by atoms with Gasteiger partial charge in [0, 0.05) is 75.7 Å². The monoisotopic (exact) mass is 697 g/mol. The third-order valence-electron chi connectivity index (χ3n) is 7.54. The molecule has 0 saturated carbocycles. The molecule has 0 aliphatic carbocycles. The Labute approximate surface area is 295 Å². The summed E-state index contributed by atoms with van der Waals surface area (Å²) in [4.78, 5) is 47.3. The number of carbonyl (C=O) groups excluding carboxylic acids is 3. The van der Waals surface area contributed by atoms with Gasteiger partial charge in [0.1, 0.15) is 12.1 Å². The number of fused-ring (bicyclic) bond motifs is 1. The molecule has 4 rings (SSSR count). The Kier molecular flexibility index (Phi) is 14.9. The molecule has 1 heterocycles. The van der Waals surface area contributed by atoms with Gasteiger partial charge in [-0.2, -0.15) is 35.4 Å². The van der Waals surface area contributed by atoms with Gasteiger partial charge >= 0.3 is 0 Å². The van der Waals surface area contributed by atoms with Gasteiger partial charge in [-0.25, -0.2) is 0 Å². The SMILES string of the molecule is Cc1c[c-]c(CCC(=O)N[C@H](Cc2ccccc2)C(=O)N[C@@H](CCCN=C(N)N)C(=O)NCCc2c[nH]c3ccccc23)cc1.[Y]. The van der Waals surface area contributed by atoms with Crippen molar-refractivity contribution in [1.29, 1.82) is 0 Å². The molecule has 8 N–H and O–H groups in total. The van der Waals surface area contributed by atoms with E-state index < -0.39 is 18.0 Å². The number of aromatic amines is 1. The molecule has 3 aromatic carbocycles. The zero-order chi connectivity index (χ0) is 32.0. The number of amides is 3. The first-order chi connectivity index (χ1) is 21.8. The molecule has 0 fully saturated rings. The van der Waals surface area contributed by atoms with Crippen molar-refractivity contribution in [3.05, 3.63) is 107 Å². The number of rotatable bonds is 16. The third kappa shape index (κ3) is 11.7. The van der Waals surface area contributed by atoms with E-state index in [9.17, 15) is 14.4 Å². The summed E-state index contributed by atoms with van der Waals surface area (Å²) in [6.07, 6.45) is 4.33. The molecule has 46 heavy (non-hydrogen) atoms. The molecule has 4 aromatic rings. The van der Waals surface area contributed by atoms with Gasteiger partial charge in [0.25, 0.3) is 0 Å². The van der Waals surface area contributed by atoms with Crippen LogP contribution in [0, 0.1) is 13.0 Å². The van der Waals surface area contributed by atoms with E-state index in [0.717, 1.165) is 33.2 Å². The summed E-state index contributed by atoms with van der Waals surface area (Å²) in [5.74, 6) is -1.04. The van der Waals surface area contributed by atoms with Crippen molar-refractivity contribution in [2.24, 2.45) is 16.5 Å². The molecule has 0 aliphatic heterocycles. The fourth-order valence-corrected chi connectivity index (χ4v) is 5.09. The van der Waals surface area contributed by atoms with Gasteiger partial charge < -0.3 is 32.4 Å². The summed E-state index contributed by atoms with van der Waals surface area (Å²) in [6, 6.07) is 24.7. The molecular weight excluding hydrogens is 655 g/mol. The van der Waals surface area contributed by atoms with Crippen LogP contribution in [0.15, 0.2) is 84.0 Å². The Hall–Kier alpha value is -4.02. The van der Waals surface area contributed by atoms with E-state index in [-0.39, 0.29) is 63.3 Å². The van der Waals surface area contributed by atoms with Crippen LogP contribution in [-0.2, 0) is 66.4 Å². The van der Waals surface area contributed by atoms with E-state index in [0.29, 0.717) is 38.8 Å². The van der Waals surface area contributed by atoms with Gasteiger partial charge in [-0.05, 0) is 42.9 Å². The molecule has 0 bridgehead atoms. The molecule has 0 spiro atoms. The Bertz CT molecular complexity index is 1580. The van der Waals surface area contributed by atoms with Crippen LogP contribution in [-0.4, -0.2) is 53.8 Å². The maximum absolute atomic E-state index is 13.7. The minimum absolute atomic E-state index is 0. The van der Waals surface area contributed by atoms with Crippen molar-refractivity contribution in [2.75, 3.05) is 13.1 Å². The number of para-hydroxylation sites is 1. The summed E-state index contributed by atoms with van der Waals surface area (Å²) in [5, 5.41) is 9.87. The maximum Gasteiger partial charge on any atom is 0.243 e. The number of nitrogens with two attached hydrogens (primary N) is 2. The number of aliphatic imine (C=N–C) groups is 1. The van der Waals surface area contributed by atoms with Crippen molar-refractivity contribution < 1.29 is 47.1 Å². The quantitative estimate of drug-likeness (QED) is 0.0458. The van der Waals surface area contributed by atoms with E-state index in [2.05, 4.69) is 32.0 Å². The fraction of sp³-hybridized carbons (Fsp3) is 0.314. The molecular formula is C35H42N7O3Y-. The second kappa shape index (κ2) is 18.8. The molecule has 0 aliphatic rings. The minimum Gasteiger partial charge on any atom is -0.370 e. The van der Waals surface area contributed by atoms with Gasteiger partial charge in [0.15, 0.2) is 5.96 Å². The second-order valence-corrected chi connectivity index (χ2v) is 11.1. The summed E-state index contributed by atoms with van der Waals surface area (Å²) >= 11 is 0. The van der Waals surface area contributed by atoms with Crippen LogP contribution in [0.1, 0.15) is 41.5 Å². The number of aryl methyl sites for hydroxylation is 2. The number of guanidine groups is 1. The average molecular weight is 698 g/mol. The number of nitrogens with zero attached hydrogens (tertiary/aromatic N) is 1.